The standard InChI is InChI=1S/C19H18N2O2S2/c1-3-13-10-17(25-12(13)2)19(23)21-15-7-4-6-14(11-15)20-18(22)16-8-5-9-24-16/h4-11H,3H2,1-2H3,(H,20,22)(H,21,23). The molecule has 0 bridgehead atoms. The molecule has 2 amide bonds. The number of hydrogen-bond donors (Lipinski definition) is 2. The number of amides is 2. The van der Waals surface area contributed by atoms with E-state index in [0.717, 1.165) is 6.42 Å². The molecule has 25 heavy (non-hydrogen) atoms. The molecule has 0 unspecified atom stereocenters. The number of aryl methyl sites for hydroxylation is 2. The predicted octanol–water partition coefficient (Wildman–Crippen LogP) is 5.19. The lowest BCUT2D eigenvalue weighted by Gasteiger charge is -2.07. The minimum Gasteiger partial charge on any atom is -0.321 e. The van der Waals surface area contributed by atoms with Crippen molar-refractivity contribution in [3.63, 3.8) is 0 Å². The molecular weight excluding hydrogens is 352 g/mol. The second-order valence-electron chi connectivity index (χ2n) is 5.51. The van der Waals surface area contributed by atoms with Crippen LogP contribution in [-0.2, 0) is 6.42 Å². The number of carbonyl (C=O) groups is 2. The van der Waals surface area contributed by atoms with E-state index in [1.54, 1.807) is 30.3 Å². The van der Waals surface area contributed by atoms with Crippen molar-refractivity contribution in [3.05, 3.63) is 68.0 Å². The Labute approximate surface area is 154 Å². The summed E-state index contributed by atoms with van der Waals surface area (Å²) < 4.78 is 0. The predicted molar refractivity (Wildman–Crippen MR) is 105 cm³/mol. The first-order valence-corrected chi connectivity index (χ1v) is 9.62. The fraction of sp³-hybridized carbons (Fsp3) is 0.158. The van der Waals surface area contributed by atoms with Gasteiger partial charge in [-0.3, -0.25) is 9.59 Å². The van der Waals surface area contributed by atoms with Gasteiger partial charge in [-0.1, -0.05) is 19.1 Å². The van der Waals surface area contributed by atoms with Crippen molar-refractivity contribution >= 4 is 45.9 Å². The molecule has 1 aromatic carbocycles. The van der Waals surface area contributed by atoms with Crippen molar-refractivity contribution in [2.24, 2.45) is 0 Å². The molecule has 0 saturated carbocycles. The van der Waals surface area contributed by atoms with Gasteiger partial charge in [0, 0.05) is 16.3 Å². The summed E-state index contributed by atoms with van der Waals surface area (Å²) in [6.07, 6.45) is 0.917. The van der Waals surface area contributed by atoms with Crippen LogP contribution in [0.2, 0.25) is 0 Å². The SMILES string of the molecule is CCc1cc(C(=O)Nc2cccc(NC(=O)c3cccs3)c2)sc1C. The number of anilines is 2. The van der Waals surface area contributed by atoms with Gasteiger partial charge in [0.25, 0.3) is 11.8 Å². The monoisotopic (exact) mass is 370 g/mol. The highest BCUT2D eigenvalue weighted by atomic mass is 32.1. The van der Waals surface area contributed by atoms with Crippen molar-refractivity contribution in [1.29, 1.82) is 0 Å². The smallest absolute Gasteiger partial charge is 0.265 e. The van der Waals surface area contributed by atoms with Crippen LogP contribution in [0.1, 0.15) is 36.7 Å². The fourth-order valence-electron chi connectivity index (χ4n) is 2.45. The van der Waals surface area contributed by atoms with Crippen LogP contribution >= 0.6 is 22.7 Å². The molecule has 0 saturated heterocycles. The van der Waals surface area contributed by atoms with E-state index >= 15 is 0 Å². The van der Waals surface area contributed by atoms with Crippen molar-refractivity contribution in [2.75, 3.05) is 10.6 Å². The van der Waals surface area contributed by atoms with Crippen molar-refractivity contribution in [2.45, 2.75) is 20.3 Å². The Morgan fingerprint density at radius 3 is 2.20 bits per heavy atom. The zero-order chi connectivity index (χ0) is 17.8. The Balaban J connectivity index is 1.70. The normalized spacial score (nSPS) is 10.5. The average molecular weight is 370 g/mol. The van der Waals surface area contributed by atoms with Crippen LogP contribution in [0, 0.1) is 6.92 Å². The van der Waals surface area contributed by atoms with Crippen molar-refractivity contribution in [3.8, 4) is 0 Å². The number of benzene rings is 1. The summed E-state index contributed by atoms with van der Waals surface area (Å²) in [5.41, 5.74) is 2.50. The zero-order valence-corrected chi connectivity index (χ0v) is 15.6. The van der Waals surface area contributed by atoms with Crippen LogP contribution in [0.3, 0.4) is 0 Å². The topological polar surface area (TPSA) is 58.2 Å². The molecule has 0 fully saturated rings. The molecule has 2 aromatic heterocycles. The van der Waals surface area contributed by atoms with Gasteiger partial charge in [-0.15, -0.1) is 22.7 Å². The van der Waals surface area contributed by atoms with Crippen LogP contribution in [0.15, 0.2) is 47.8 Å². The van der Waals surface area contributed by atoms with E-state index in [0.29, 0.717) is 21.1 Å². The van der Waals surface area contributed by atoms with E-state index in [1.807, 2.05) is 24.4 Å². The molecule has 0 aliphatic rings. The van der Waals surface area contributed by atoms with E-state index in [9.17, 15) is 9.59 Å². The number of hydrogen-bond acceptors (Lipinski definition) is 4. The van der Waals surface area contributed by atoms with E-state index in [4.69, 9.17) is 0 Å². The maximum Gasteiger partial charge on any atom is 0.265 e. The first-order chi connectivity index (χ1) is 12.1. The van der Waals surface area contributed by atoms with Gasteiger partial charge in [-0.25, -0.2) is 0 Å². The first-order valence-electron chi connectivity index (χ1n) is 7.92. The minimum atomic E-state index is -0.153. The average Bonchev–Trinajstić information content (AvgIpc) is 3.24. The third-order valence-corrected chi connectivity index (χ3v) is 5.71. The Morgan fingerprint density at radius 2 is 1.64 bits per heavy atom. The van der Waals surface area contributed by atoms with Crippen molar-refractivity contribution in [1.82, 2.24) is 0 Å². The van der Waals surface area contributed by atoms with E-state index < -0.39 is 0 Å². The number of carbonyl (C=O) groups excluding carboxylic acids is 2. The largest absolute Gasteiger partial charge is 0.321 e. The molecule has 2 heterocycles. The number of thiophene rings is 2. The summed E-state index contributed by atoms with van der Waals surface area (Å²) >= 11 is 2.89. The molecule has 0 aliphatic carbocycles. The molecule has 4 nitrogen and oxygen atoms in total. The summed E-state index contributed by atoms with van der Waals surface area (Å²) in [4.78, 5) is 27.1. The lowest BCUT2D eigenvalue weighted by atomic mass is 10.2. The Bertz CT molecular complexity index is 898. The van der Waals surface area contributed by atoms with Gasteiger partial charge in [-0.2, -0.15) is 0 Å². The van der Waals surface area contributed by atoms with Crippen LogP contribution in [0.5, 0.6) is 0 Å². The molecular formula is C19H18N2O2S2. The Hall–Kier alpha value is -2.44. The summed E-state index contributed by atoms with van der Waals surface area (Å²) in [7, 11) is 0. The van der Waals surface area contributed by atoms with Gasteiger partial charge >= 0.3 is 0 Å². The van der Waals surface area contributed by atoms with E-state index in [2.05, 4.69) is 17.6 Å². The lowest BCUT2D eigenvalue weighted by Crippen LogP contribution is -2.12. The maximum atomic E-state index is 12.4. The molecule has 3 rings (SSSR count). The van der Waals surface area contributed by atoms with E-state index in [-0.39, 0.29) is 11.8 Å². The minimum absolute atomic E-state index is 0.130. The van der Waals surface area contributed by atoms with Gasteiger partial charge in [-0.05, 0) is 54.6 Å². The third-order valence-electron chi connectivity index (χ3n) is 3.75. The summed E-state index contributed by atoms with van der Waals surface area (Å²) in [5, 5.41) is 7.60. The zero-order valence-electron chi connectivity index (χ0n) is 14.0. The van der Waals surface area contributed by atoms with Gasteiger partial charge in [0.15, 0.2) is 0 Å². The molecule has 2 N–H and O–H groups in total. The summed E-state index contributed by atoms with van der Waals surface area (Å²) in [6.45, 7) is 4.11. The first kappa shape index (κ1) is 17.4. The van der Waals surface area contributed by atoms with Crippen molar-refractivity contribution < 1.29 is 9.59 Å². The Kier molecular flexibility index (Phi) is 5.31. The highest BCUT2D eigenvalue weighted by Crippen LogP contribution is 2.24. The van der Waals surface area contributed by atoms with Crippen LogP contribution in [0.25, 0.3) is 0 Å². The number of rotatable bonds is 5. The highest BCUT2D eigenvalue weighted by molar-refractivity contribution is 7.14. The number of nitrogens with one attached hydrogen (secondary N) is 2. The maximum absolute atomic E-state index is 12.4. The molecule has 3 aromatic rings. The van der Waals surface area contributed by atoms with Crippen LogP contribution < -0.4 is 10.6 Å². The molecule has 6 heteroatoms. The fourth-order valence-corrected chi connectivity index (χ4v) is 4.08. The van der Waals surface area contributed by atoms with E-state index in [1.165, 1.54) is 33.1 Å². The molecule has 0 atom stereocenters. The molecule has 0 spiro atoms. The highest BCUT2D eigenvalue weighted by Gasteiger charge is 2.12. The molecule has 128 valence electrons. The second kappa shape index (κ2) is 7.63. The molecule has 0 radical (unpaired) electrons. The summed E-state index contributed by atoms with van der Waals surface area (Å²) in [5.74, 6) is -0.283. The van der Waals surface area contributed by atoms with Gasteiger partial charge < -0.3 is 10.6 Å². The van der Waals surface area contributed by atoms with Gasteiger partial charge in [0.2, 0.25) is 0 Å². The second-order valence-corrected chi connectivity index (χ2v) is 7.72. The lowest BCUT2D eigenvalue weighted by molar-refractivity contribution is 0.102. The Morgan fingerprint density at radius 1 is 0.960 bits per heavy atom. The summed E-state index contributed by atoms with van der Waals surface area (Å²) in [6, 6.07) is 12.7. The van der Waals surface area contributed by atoms with Crippen LogP contribution in [-0.4, -0.2) is 11.8 Å². The van der Waals surface area contributed by atoms with Gasteiger partial charge in [0.05, 0.1) is 9.75 Å². The molecule has 0 aliphatic heterocycles. The third kappa shape index (κ3) is 4.15. The van der Waals surface area contributed by atoms with Gasteiger partial charge in [0.1, 0.15) is 0 Å². The quantitative estimate of drug-likeness (QED) is 0.650. The van der Waals surface area contributed by atoms with Crippen LogP contribution in [0.4, 0.5) is 11.4 Å².